The monoisotopic (exact) mass is 560 g/mol. The first-order chi connectivity index (χ1) is 18.6. The summed E-state index contributed by atoms with van der Waals surface area (Å²) in [6.07, 6.45) is -0.855. The average molecular weight is 561 g/mol. The number of rotatable bonds is 14. The number of carbonyl (C=O) groups is 2. The predicted octanol–water partition coefficient (Wildman–Crippen LogP) is 0.944. The van der Waals surface area contributed by atoms with Crippen LogP contribution in [0.1, 0.15) is 32.8 Å². The van der Waals surface area contributed by atoms with E-state index >= 15 is 0 Å². The molecular formula is C26H32N4O8S. The molecule has 2 aromatic carbocycles. The maximum absolute atomic E-state index is 13.0. The van der Waals surface area contributed by atoms with Crippen molar-refractivity contribution in [2.24, 2.45) is 0 Å². The summed E-state index contributed by atoms with van der Waals surface area (Å²) in [5, 5.41) is 27.8. The Hall–Kier alpha value is -3.78. The van der Waals surface area contributed by atoms with Gasteiger partial charge < -0.3 is 30.0 Å². The van der Waals surface area contributed by atoms with Crippen LogP contribution in [0.5, 0.6) is 0 Å². The van der Waals surface area contributed by atoms with Crippen LogP contribution in [0.4, 0.5) is 6.01 Å². The molecule has 0 radical (unpaired) electrons. The molecule has 3 rings (SSSR count). The van der Waals surface area contributed by atoms with Crippen molar-refractivity contribution in [3.8, 4) is 0 Å². The molecule has 1 aromatic heterocycles. The molecule has 2 amide bonds. The van der Waals surface area contributed by atoms with Gasteiger partial charge in [0.15, 0.2) is 5.69 Å². The molecule has 0 aliphatic heterocycles. The van der Waals surface area contributed by atoms with E-state index in [2.05, 4.69) is 15.6 Å². The summed E-state index contributed by atoms with van der Waals surface area (Å²) in [7, 11) is -2.21. The van der Waals surface area contributed by atoms with Crippen LogP contribution in [0.3, 0.4) is 0 Å². The third-order valence-electron chi connectivity index (χ3n) is 5.78. The summed E-state index contributed by atoms with van der Waals surface area (Å²) < 4.78 is 35.0. The molecule has 5 N–H and O–H groups in total. The van der Waals surface area contributed by atoms with Crippen molar-refractivity contribution in [2.45, 2.75) is 37.1 Å². The van der Waals surface area contributed by atoms with E-state index in [-0.39, 0.29) is 25.1 Å². The van der Waals surface area contributed by atoms with Crippen molar-refractivity contribution in [3.63, 3.8) is 0 Å². The summed E-state index contributed by atoms with van der Waals surface area (Å²) in [5.41, 5.74) is 0.893. The zero-order valence-corrected chi connectivity index (χ0v) is 22.3. The Balaban J connectivity index is 1.81. The molecule has 0 bridgehead atoms. The highest BCUT2D eigenvalue weighted by atomic mass is 32.2. The van der Waals surface area contributed by atoms with E-state index in [0.29, 0.717) is 5.56 Å². The highest BCUT2D eigenvalue weighted by Crippen LogP contribution is 2.16. The van der Waals surface area contributed by atoms with Crippen LogP contribution in [-0.4, -0.2) is 79.7 Å². The number of anilines is 1. The number of ether oxygens (including phenoxy) is 1. The van der Waals surface area contributed by atoms with E-state index in [4.69, 9.17) is 9.15 Å². The average Bonchev–Trinajstić information content (AvgIpc) is 3.37. The molecule has 0 aliphatic rings. The van der Waals surface area contributed by atoms with Gasteiger partial charge in [-0.25, -0.2) is 13.1 Å². The van der Waals surface area contributed by atoms with E-state index in [1.165, 1.54) is 7.11 Å². The third-order valence-corrected chi connectivity index (χ3v) is 6.33. The number of aliphatic hydroxyl groups excluding tert-OH is 2. The van der Waals surface area contributed by atoms with Gasteiger partial charge in [-0.2, -0.15) is 4.98 Å². The zero-order chi connectivity index (χ0) is 28.4. The lowest BCUT2D eigenvalue weighted by Gasteiger charge is -2.32. The van der Waals surface area contributed by atoms with Crippen LogP contribution >= 0.6 is 0 Å². The summed E-state index contributed by atoms with van der Waals surface area (Å²) >= 11 is 0. The number of hydrogen-bond donors (Lipinski definition) is 5. The number of aliphatic hydroxyl groups is 2. The summed E-state index contributed by atoms with van der Waals surface area (Å²) in [5.74, 6) is -1.21. The second kappa shape index (κ2) is 13.8. The van der Waals surface area contributed by atoms with Crippen LogP contribution in [0.15, 0.2) is 71.3 Å². The first kappa shape index (κ1) is 29.8. The van der Waals surface area contributed by atoms with Crippen molar-refractivity contribution in [1.29, 1.82) is 0 Å². The topological polar surface area (TPSA) is 180 Å². The number of hydrogen-bond acceptors (Lipinski definition) is 9. The fourth-order valence-corrected chi connectivity index (χ4v) is 4.25. The normalized spacial score (nSPS) is 14.6. The van der Waals surface area contributed by atoms with E-state index in [9.17, 15) is 28.2 Å². The van der Waals surface area contributed by atoms with Crippen molar-refractivity contribution >= 4 is 27.9 Å². The lowest BCUT2D eigenvalue weighted by Crippen LogP contribution is -2.57. The lowest BCUT2D eigenvalue weighted by atomic mass is 9.92. The van der Waals surface area contributed by atoms with Crippen LogP contribution < -0.4 is 15.4 Å². The number of aromatic nitrogens is 1. The molecule has 0 saturated heterocycles. The number of amides is 2. The van der Waals surface area contributed by atoms with Gasteiger partial charge in [0.25, 0.3) is 11.8 Å². The van der Waals surface area contributed by atoms with Gasteiger partial charge in [-0.15, -0.1) is 0 Å². The van der Waals surface area contributed by atoms with Gasteiger partial charge in [0.05, 0.1) is 18.3 Å². The summed E-state index contributed by atoms with van der Waals surface area (Å²) in [4.78, 5) is 29.6. The van der Waals surface area contributed by atoms with Crippen molar-refractivity contribution in [3.05, 3.63) is 83.7 Å². The molecule has 1 heterocycles. The fraction of sp³-hybridized carbons (Fsp3) is 0.346. The van der Waals surface area contributed by atoms with Gasteiger partial charge in [0, 0.05) is 19.3 Å². The highest BCUT2D eigenvalue weighted by molar-refractivity contribution is 7.91. The van der Waals surface area contributed by atoms with Gasteiger partial charge in [-0.05, 0) is 30.5 Å². The minimum Gasteiger partial charge on any atom is -0.431 e. The molecule has 0 fully saturated rings. The Morgan fingerprint density at radius 1 is 0.949 bits per heavy atom. The number of nitrogens with one attached hydrogen (secondary N) is 3. The molecule has 3 aromatic rings. The maximum Gasteiger partial charge on any atom is 0.309 e. The SMILES string of the molecule is COCCC(NC(=O)c1ccccc1)C(O)C(O)C(Cc1ccccc1)NC(=O)c1coc(NS(C)(=O)=O)n1. The Morgan fingerprint density at radius 3 is 2.15 bits per heavy atom. The van der Waals surface area contributed by atoms with E-state index < -0.39 is 52.1 Å². The molecule has 4 unspecified atom stereocenters. The molecule has 39 heavy (non-hydrogen) atoms. The second-order valence-corrected chi connectivity index (χ2v) is 10.6. The molecule has 12 nitrogen and oxygen atoms in total. The summed E-state index contributed by atoms with van der Waals surface area (Å²) in [6, 6.07) is 15.1. The number of sulfonamides is 1. The highest BCUT2D eigenvalue weighted by Gasteiger charge is 2.35. The largest absolute Gasteiger partial charge is 0.431 e. The minimum atomic E-state index is -3.68. The van der Waals surface area contributed by atoms with Crippen LogP contribution in [0, 0.1) is 0 Å². The Morgan fingerprint density at radius 2 is 1.54 bits per heavy atom. The van der Waals surface area contributed by atoms with Crippen molar-refractivity contribution in [2.75, 3.05) is 24.7 Å². The Bertz CT molecular complexity index is 1320. The van der Waals surface area contributed by atoms with Crippen molar-refractivity contribution in [1.82, 2.24) is 15.6 Å². The van der Waals surface area contributed by atoms with Crippen LogP contribution in [-0.2, 0) is 21.2 Å². The van der Waals surface area contributed by atoms with E-state index in [1.54, 1.807) is 54.6 Å². The zero-order valence-electron chi connectivity index (χ0n) is 21.5. The van der Waals surface area contributed by atoms with Crippen LogP contribution in [0.25, 0.3) is 0 Å². The molecule has 4 atom stereocenters. The second-order valence-electron chi connectivity index (χ2n) is 8.89. The summed E-state index contributed by atoms with van der Waals surface area (Å²) in [6.45, 7) is 0.189. The number of nitrogens with zero attached hydrogens (tertiary/aromatic N) is 1. The Kier molecular flexibility index (Phi) is 10.6. The molecule has 13 heteroatoms. The first-order valence-electron chi connectivity index (χ1n) is 12.1. The molecule has 210 valence electrons. The molecule has 0 aliphatic carbocycles. The third kappa shape index (κ3) is 9.18. The molecule has 0 saturated carbocycles. The van der Waals surface area contributed by atoms with Gasteiger partial charge in [-0.1, -0.05) is 48.5 Å². The van der Waals surface area contributed by atoms with Gasteiger partial charge in [0.1, 0.15) is 18.5 Å². The van der Waals surface area contributed by atoms with E-state index in [0.717, 1.165) is 18.1 Å². The number of benzene rings is 2. The lowest BCUT2D eigenvalue weighted by molar-refractivity contribution is -0.0269. The fourth-order valence-electron chi connectivity index (χ4n) is 3.84. The molecular weight excluding hydrogens is 528 g/mol. The predicted molar refractivity (Wildman–Crippen MR) is 143 cm³/mol. The maximum atomic E-state index is 13.0. The quantitative estimate of drug-likeness (QED) is 0.192. The minimum absolute atomic E-state index is 0.126. The number of oxazole rings is 1. The molecule has 0 spiro atoms. The number of methoxy groups -OCH3 is 1. The van der Waals surface area contributed by atoms with E-state index in [1.807, 2.05) is 10.8 Å². The Labute approximate surface area is 226 Å². The van der Waals surface area contributed by atoms with Gasteiger partial charge in [0.2, 0.25) is 10.0 Å². The standard InChI is InChI=1S/C26H32N4O8S/c1-37-14-13-19(27-24(33)18-11-7-4-8-12-18)22(31)23(32)20(15-17-9-5-3-6-10-17)28-25(34)21-16-38-26(29-21)30-39(2,35)36/h3-12,16,19-20,22-23,31-32H,13-15H2,1-2H3,(H,27,33)(H,28,34)(H,29,30). The van der Waals surface area contributed by atoms with Gasteiger partial charge in [-0.3, -0.25) is 9.59 Å². The first-order valence-corrected chi connectivity index (χ1v) is 14.0. The van der Waals surface area contributed by atoms with Crippen molar-refractivity contribution < 1.29 is 37.4 Å². The van der Waals surface area contributed by atoms with Gasteiger partial charge >= 0.3 is 6.01 Å². The van der Waals surface area contributed by atoms with Crippen LogP contribution in [0.2, 0.25) is 0 Å². The smallest absolute Gasteiger partial charge is 0.309 e. The number of carbonyl (C=O) groups excluding carboxylic acids is 2.